The van der Waals surface area contributed by atoms with Crippen LogP contribution in [0.3, 0.4) is 0 Å². The fourth-order valence-corrected chi connectivity index (χ4v) is 3.55. The average Bonchev–Trinajstić information content (AvgIpc) is 2.28. The third kappa shape index (κ3) is 2.63. The summed E-state index contributed by atoms with van der Waals surface area (Å²) in [5.74, 6) is 0. The van der Waals surface area contributed by atoms with E-state index >= 15 is 0 Å². The molecule has 1 atom stereocenters. The SMILES string of the molecule is C=C1CC(O)CN(S(=O)(=O)c2ccc(C)cc2)C1. The molecule has 0 aromatic heterocycles. The lowest BCUT2D eigenvalue weighted by Gasteiger charge is -2.30. The molecular weight excluding hydrogens is 250 g/mol. The summed E-state index contributed by atoms with van der Waals surface area (Å²) in [6, 6.07) is 6.72. The van der Waals surface area contributed by atoms with Gasteiger partial charge in [-0.15, -0.1) is 0 Å². The molecule has 18 heavy (non-hydrogen) atoms. The highest BCUT2D eigenvalue weighted by Crippen LogP contribution is 2.22. The van der Waals surface area contributed by atoms with Gasteiger partial charge >= 0.3 is 0 Å². The van der Waals surface area contributed by atoms with E-state index < -0.39 is 16.1 Å². The molecule has 1 aliphatic heterocycles. The van der Waals surface area contributed by atoms with Gasteiger partial charge < -0.3 is 5.11 Å². The van der Waals surface area contributed by atoms with Gasteiger partial charge in [-0.05, 0) is 25.5 Å². The predicted molar refractivity (Wildman–Crippen MR) is 69.7 cm³/mol. The van der Waals surface area contributed by atoms with Crippen LogP contribution < -0.4 is 0 Å². The van der Waals surface area contributed by atoms with Crippen molar-refractivity contribution in [3.63, 3.8) is 0 Å². The fraction of sp³-hybridized carbons (Fsp3) is 0.385. The first-order chi connectivity index (χ1) is 8.39. The first-order valence-electron chi connectivity index (χ1n) is 5.81. The first kappa shape index (κ1) is 13.3. The van der Waals surface area contributed by atoms with Gasteiger partial charge in [0.05, 0.1) is 11.0 Å². The number of aliphatic hydroxyl groups excluding tert-OH is 1. The Hall–Kier alpha value is -1.17. The Labute approximate surface area is 108 Å². The number of β-amino-alcohol motifs (C(OH)–C–C–N with tert-alkyl or cyclic N) is 1. The summed E-state index contributed by atoms with van der Waals surface area (Å²) in [7, 11) is -3.53. The first-order valence-corrected chi connectivity index (χ1v) is 7.25. The Morgan fingerprint density at radius 1 is 1.33 bits per heavy atom. The molecule has 1 aromatic rings. The van der Waals surface area contributed by atoms with Gasteiger partial charge in [-0.1, -0.05) is 29.8 Å². The van der Waals surface area contributed by atoms with Gasteiger partial charge in [0.1, 0.15) is 0 Å². The molecule has 1 heterocycles. The third-order valence-corrected chi connectivity index (χ3v) is 4.82. The second-order valence-electron chi connectivity index (χ2n) is 4.72. The molecule has 0 spiro atoms. The van der Waals surface area contributed by atoms with Gasteiger partial charge in [0.15, 0.2) is 0 Å². The Bertz CT molecular complexity index is 548. The molecule has 1 saturated heterocycles. The highest BCUT2D eigenvalue weighted by atomic mass is 32.2. The Morgan fingerprint density at radius 2 is 1.94 bits per heavy atom. The lowest BCUT2D eigenvalue weighted by atomic mass is 10.1. The van der Waals surface area contributed by atoms with Crippen LogP contribution >= 0.6 is 0 Å². The molecular formula is C13H17NO3S. The van der Waals surface area contributed by atoms with Crippen LogP contribution in [0, 0.1) is 6.92 Å². The lowest BCUT2D eigenvalue weighted by Crippen LogP contribution is -2.42. The normalized spacial score (nSPS) is 22.1. The zero-order valence-electron chi connectivity index (χ0n) is 10.3. The van der Waals surface area contributed by atoms with Crippen molar-refractivity contribution in [2.75, 3.05) is 13.1 Å². The molecule has 1 aromatic carbocycles. The predicted octanol–water partition coefficient (Wildman–Crippen LogP) is 1.31. The number of benzene rings is 1. The van der Waals surface area contributed by atoms with Crippen LogP contribution in [0.4, 0.5) is 0 Å². The van der Waals surface area contributed by atoms with Crippen molar-refractivity contribution in [1.82, 2.24) is 4.31 Å². The van der Waals surface area contributed by atoms with E-state index in [1.165, 1.54) is 4.31 Å². The molecule has 0 radical (unpaired) electrons. The number of aryl methyl sites for hydroxylation is 1. The van der Waals surface area contributed by atoms with Gasteiger partial charge in [0.25, 0.3) is 0 Å². The number of aliphatic hydroxyl groups is 1. The topological polar surface area (TPSA) is 57.6 Å². The quantitative estimate of drug-likeness (QED) is 0.822. The van der Waals surface area contributed by atoms with Gasteiger partial charge in [-0.2, -0.15) is 4.31 Å². The number of hydrogen-bond donors (Lipinski definition) is 1. The Balaban J connectivity index is 2.30. The Kier molecular flexibility index (Phi) is 3.56. The van der Waals surface area contributed by atoms with Crippen LogP contribution in [-0.4, -0.2) is 37.0 Å². The summed E-state index contributed by atoms with van der Waals surface area (Å²) in [5.41, 5.74) is 1.75. The summed E-state index contributed by atoms with van der Waals surface area (Å²) in [5, 5.41) is 9.64. The summed E-state index contributed by atoms with van der Waals surface area (Å²) in [4.78, 5) is 0.259. The number of piperidine rings is 1. The highest BCUT2D eigenvalue weighted by molar-refractivity contribution is 7.89. The van der Waals surface area contributed by atoms with Crippen molar-refractivity contribution in [2.45, 2.75) is 24.3 Å². The fourth-order valence-electron chi connectivity index (χ4n) is 2.05. The van der Waals surface area contributed by atoms with Gasteiger partial charge in [-0.3, -0.25) is 0 Å². The molecule has 0 saturated carbocycles. The van der Waals surface area contributed by atoms with E-state index in [1.807, 2.05) is 6.92 Å². The van der Waals surface area contributed by atoms with Crippen molar-refractivity contribution in [3.05, 3.63) is 42.0 Å². The monoisotopic (exact) mass is 267 g/mol. The lowest BCUT2D eigenvalue weighted by molar-refractivity contribution is 0.130. The number of hydrogen-bond acceptors (Lipinski definition) is 3. The third-order valence-electron chi connectivity index (χ3n) is 3.00. The van der Waals surface area contributed by atoms with Gasteiger partial charge in [-0.25, -0.2) is 8.42 Å². The molecule has 5 heteroatoms. The van der Waals surface area contributed by atoms with E-state index in [0.29, 0.717) is 6.42 Å². The van der Waals surface area contributed by atoms with Crippen LogP contribution in [0.25, 0.3) is 0 Å². The van der Waals surface area contributed by atoms with E-state index in [4.69, 9.17) is 0 Å². The van der Waals surface area contributed by atoms with Crippen LogP contribution in [0.2, 0.25) is 0 Å². The van der Waals surface area contributed by atoms with Gasteiger partial charge in [0.2, 0.25) is 10.0 Å². The summed E-state index contributed by atoms with van der Waals surface area (Å²) in [6.45, 7) is 6.09. The van der Waals surface area contributed by atoms with E-state index in [9.17, 15) is 13.5 Å². The molecule has 1 N–H and O–H groups in total. The second kappa shape index (κ2) is 4.84. The van der Waals surface area contributed by atoms with E-state index in [0.717, 1.165) is 11.1 Å². The minimum Gasteiger partial charge on any atom is -0.391 e. The molecule has 98 valence electrons. The minimum absolute atomic E-state index is 0.134. The number of sulfonamides is 1. The summed E-state index contributed by atoms with van der Waals surface area (Å²) in [6.07, 6.45) is -0.189. The number of rotatable bonds is 2. The molecule has 4 nitrogen and oxygen atoms in total. The standard InChI is InChI=1S/C13H17NO3S/c1-10-3-5-13(6-4-10)18(16,17)14-8-11(2)7-12(15)9-14/h3-6,12,15H,2,7-9H2,1H3. The zero-order chi connectivity index (χ0) is 13.3. The van der Waals surface area contributed by atoms with Crippen LogP contribution in [0.1, 0.15) is 12.0 Å². The average molecular weight is 267 g/mol. The van der Waals surface area contributed by atoms with Crippen LogP contribution in [0.15, 0.2) is 41.3 Å². The molecule has 1 fully saturated rings. The maximum atomic E-state index is 12.4. The molecule has 1 aliphatic rings. The van der Waals surface area contributed by atoms with Gasteiger partial charge in [0, 0.05) is 13.1 Å². The van der Waals surface area contributed by atoms with E-state index in [-0.39, 0.29) is 18.0 Å². The smallest absolute Gasteiger partial charge is 0.243 e. The van der Waals surface area contributed by atoms with Crippen molar-refractivity contribution >= 4 is 10.0 Å². The maximum Gasteiger partial charge on any atom is 0.243 e. The largest absolute Gasteiger partial charge is 0.391 e. The van der Waals surface area contributed by atoms with Crippen molar-refractivity contribution in [3.8, 4) is 0 Å². The van der Waals surface area contributed by atoms with Crippen molar-refractivity contribution in [1.29, 1.82) is 0 Å². The molecule has 0 amide bonds. The van der Waals surface area contributed by atoms with Crippen molar-refractivity contribution < 1.29 is 13.5 Å². The molecule has 2 rings (SSSR count). The van der Waals surface area contributed by atoms with Crippen LogP contribution in [0.5, 0.6) is 0 Å². The Morgan fingerprint density at radius 3 is 2.50 bits per heavy atom. The van der Waals surface area contributed by atoms with E-state index in [1.54, 1.807) is 24.3 Å². The summed E-state index contributed by atoms with van der Waals surface area (Å²) < 4.78 is 26.0. The molecule has 1 unspecified atom stereocenters. The summed E-state index contributed by atoms with van der Waals surface area (Å²) >= 11 is 0. The van der Waals surface area contributed by atoms with Crippen molar-refractivity contribution in [2.24, 2.45) is 0 Å². The maximum absolute atomic E-state index is 12.4. The zero-order valence-corrected chi connectivity index (χ0v) is 11.2. The minimum atomic E-state index is -3.53. The molecule has 0 aliphatic carbocycles. The number of nitrogens with zero attached hydrogens (tertiary/aromatic N) is 1. The second-order valence-corrected chi connectivity index (χ2v) is 6.66. The van der Waals surface area contributed by atoms with Crippen LogP contribution in [-0.2, 0) is 10.0 Å². The van der Waals surface area contributed by atoms with E-state index in [2.05, 4.69) is 6.58 Å². The highest BCUT2D eigenvalue weighted by Gasteiger charge is 2.30. The molecule has 0 bridgehead atoms.